The average molecular weight is 243 g/mol. The molecule has 0 radical (unpaired) electrons. The second kappa shape index (κ2) is 5.86. The number of nitrogens with zero attached hydrogens (tertiary/aromatic N) is 1. The normalized spacial score (nSPS) is 24.4. The highest BCUT2D eigenvalue weighted by Crippen LogP contribution is 2.16. The second-order valence-electron chi connectivity index (χ2n) is 4.56. The second-order valence-corrected chi connectivity index (χ2v) is 4.56. The van der Waals surface area contributed by atoms with Gasteiger partial charge in [-0.2, -0.15) is 0 Å². The van der Waals surface area contributed by atoms with Crippen LogP contribution in [0.1, 0.15) is 39.5 Å². The van der Waals surface area contributed by atoms with Gasteiger partial charge in [0.05, 0.1) is 18.1 Å². The van der Waals surface area contributed by atoms with E-state index < -0.39 is 5.54 Å². The van der Waals surface area contributed by atoms with Crippen molar-refractivity contribution in [3.8, 4) is 0 Å². The number of ether oxygens (including phenoxy) is 1. The highest BCUT2D eigenvalue weighted by atomic mass is 16.5. The number of nitrogens with one attached hydrogen (secondary N) is 1. The minimum atomic E-state index is -0.801. The summed E-state index contributed by atoms with van der Waals surface area (Å²) in [5, 5.41) is 14.4. The average Bonchev–Trinajstić information content (AvgIpc) is 2.80. The monoisotopic (exact) mass is 243 g/mol. The van der Waals surface area contributed by atoms with Crippen molar-refractivity contribution in [2.24, 2.45) is 10.9 Å². The van der Waals surface area contributed by atoms with Crippen LogP contribution in [0.5, 0.6) is 0 Å². The first-order chi connectivity index (χ1) is 8.01. The fourth-order valence-corrected chi connectivity index (χ4v) is 1.81. The van der Waals surface area contributed by atoms with Crippen molar-refractivity contribution in [3.05, 3.63) is 0 Å². The lowest BCUT2D eigenvalue weighted by Crippen LogP contribution is -2.55. The van der Waals surface area contributed by atoms with E-state index >= 15 is 0 Å². The first kappa shape index (κ1) is 13.8. The Bertz CT molecular complexity index is 300. The molecule has 1 rings (SSSR count). The summed E-state index contributed by atoms with van der Waals surface area (Å²) in [5.41, 5.74) is 4.77. The molecule has 6 heteroatoms. The fourth-order valence-electron chi connectivity index (χ4n) is 1.81. The summed E-state index contributed by atoms with van der Waals surface area (Å²) in [6.45, 7) is 4.32. The number of hydrogen-bond donors (Lipinski definition) is 3. The maximum absolute atomic E-state index is 11.8. The maximum Gasteiger partial charge on any atom is 0.223 e. The molecule has 1 aliphatic heterocycles. The Morgan fingerprint density at radius 3 is 2.88 bits per heavy atom. The lowest BCUT2D eigenvalue weighted by Gasteiger charge is -2.28. The highest BCUT2D eigenvalue weighted by Gasteiger charge is 2.30. The summed E-state index contributed by atoms with van der Waals surface area (Å²) in [7, 11) is 0. The summed E-state index contributed by atoms with van der Waals surface area (Å²) >= 11 is 0. The Hall–Kier alpha value is -1.30. The molecule has 0 saturated carbocycles. The van der Waals surface area contributed by atoms with Crippen LogP contribution in [0.25, 0.3) is 0 Å². The van der Waals surface area contributed by atoms with E-state index in [1.165, 1.54) is 0 Å². The van der Waals surface area contributed by atoms with Gasteiger partial charge < -0.3 is 21.0 Å². The van der Waals surface area contributed by atoms with Crippen molar-refractivity contribution in [2.75, 3.05) is 6.61 Å². The predicted molar refractivity (Wildman–Crippen MR) is 63.8 cm³/mol. The standard InChI is InChI=1S/C11H21N3O3/c1-3-11(2,10(12)14-16)13-9(15)7-8-5-4-6-17-8/h8,16H,3-7H2,1-2H3,(H2,12,14)(H,13,15). The lowest BCUT2D eigenvalue weighted by atomic mass is 9.97. The number of hydrogen-bond acceptors (Lipinski definition) is 4. The maximum atomic E-state index is 11.8. The molecule has 0 aromatic rings. The molecule has 1 heterocycles. The molecule has 1 aliphatic rings. The smallest absolute Gasteiger partial charge is 0.223 e. The molecule has 6 nitrogen and oxygen atoms in total. The van der Waals surface area contributed by atoms with Crippen LogP contribution in [0, 0.1) is 0 Å². The third-order valence-corrected chi connectivity index (χ3v) is 3.23. The van der Waals surface area contributed by atoms with Crippen LogP contribution in [0.2, 0.25) is 0 Å². The summed E-state index contributed by atoms with van der Waals surface area (Å²) in [4.78, 5) is 11.8. The first-order valence-electron chi connectivity index (χ1n) is 5.92. The van der Waals surface area contributed by atoms with Gasteiger partial charge in [0.15, 0.2) is 5.84 Å². The van der Waals surface area contributed by atoms with Gasteiger partial charge in [-0.3, -0.25) is 4.79 Å². The topological polar surface area (TPSA) is 96.9 Å². The Morgan fingerprint density at radius 1 is 1.71 bits per heavy atom. The zero-order chi connectivity index (χ0) is 12.9. The molecule has 0 aromatic heterocycles. The van der Waals surface area contributed by atoms with Crippen molar-refractivity contribution in [3.63, 3.8) is 0 Å². The molecular formula is C11H21N3O3. The van der Waals surface area contributed by atoms with E-state index in [4.69, 9.17) is 15.7 Å². The van der Waals surface area contributed by atoms with Crippen molar-refractivity contribution in [1.29, 1.82) is 0 Å². The van der Waals surface area contributed by atoms with Crippen LogP contribution in [-0.4, -0.2) is 35.2 Å². The van der Waals surface area contributed by atoms with E-state index in [-0.39, 0.29) is 17.8 Å². The fraction of sp³-hybridized carbons (Fsp3) is 0.818. The van der Waals surface area contributed by atoms with Crippen LogP contribution in [-0.2, 0) is 9.53 Å². The van der Waals surface area contributed by atoms with Crippen LogP contribution >= 0.6 is 0 Å². The van der Waals surface area contributed by atoms with Gasteiger partial charge in [0, 0.05) is 6.61 Å². The third-order valence-electron chi connectivity index (χ3n) is 3.23. The van der Waals surface area contributed by atoms with E-state index in [1.54, 1.807) is 6.92 Å². The molecule has 0 aliphatic carbocycles. The summed E-state index contributed by atoms with van der Waals surface area (Å²) in [5.74, 6) is -0.117. The van der Waals surface area contributed by atoms with Gasteiger partial charge in [-0.15, -0.1) is 0 Å². The number of amidine groups is 1. The number of carbonyl (C=O) groups is 1. The largest absolute Gasteiger partial charge is 0.409 e. The van der Waals surface area contributed by atoms with Crippen molar-refractivity contribution >= 4 is 11.7 Å². The van der Waals surface area contributed by atoms with E-state index in [2.05, 4.69) is 10.5 Å². The van der Waals surface area contributed by atoms with Crippen LogP contribution in [0.3, 0.4) is 0 Å². The zero-order valence-corrected chi connectivity index (χ0v) is 10.4. The van der Waals surface area contributed by atoms with E-state index in [9.17, 15) is 4.79 Å². The molecule has 1 amide bonds. The number of amides is 1. The summed E-state index contributed by atoms with van der Waals surface area (Å²) in [6.07, 6.45) is 2.81. The first-order valence-corrected chi connectivity index (χ1v) is 5.92. The number of carbonyl (C=O) groups excluding carboxylic acids is 1. The summed E-state index contributed by atoms with van der Waals surface area (Å²) < 4.78 is 5.39. The zero-order valence-electron chi connectivity index (χ0n) is 10.4. The number of nitrogens with two attached hydrogens (primary N) is 1. The van der Waals surface area contributed by atoms with Gasteiger partial charge in [-0.25, -0.2) is 0 Å². The minimum Gasteiger partial charge on any atom is -0.409 e. The lowest BCUT2D eigenvalue weighted by molar-refractivity contribution is -0.124. The van der Waals surface area contributed by atoms with Gasteiger partial charge in [0.2, 0.25) is 5.91 Å². The number of oxime groups is 1. The third kappa shape index (κ3) is 3.59. The Balaban J connectivity index is 2.52. The number of rotatable bonds is 5. The molecule has 2 unspecified atom stereocenters. The van der Waals surface area contributed by atoms with Crippen molar-refractivity contribution < 1.29 is 14.7 Å². The van der Waals surface area contributed by atoms with Crippen molar-refractivity contribution in [2.45, 2.75) is 51.2 Å². The highest BCUT2D eigenvalue weighted by molar-refractivity contribution is 5.93. The Labute approximate surface area is 101 Å². The van der Waals surface area contributed by atoms with Crippen LogP contribution in [0.4, 0.5) is 0 Å². The molecular weight excluding hydrogens is 222 g/mol. The molecule has 0 aromatic carbocycles. The van der Waals surface area contributed by atoms with E-state index in [0.29, 0.717) is 12.8 Å². The molecule has 0 bridgehead atoms. The molecule has 17 heavy (non-hydrogen) atoms. The summed E-state index contributed by atoms with van der Waals surface area (Å²) in [6, 6.07) is 0. The molecule has 1 fully saturated rings. The van der Waals surface area contributed by atoms with Gasteiger partial charge in [-0.05, 0) is 26.2 Å². The van der Waals surface area contributed by atoms with Gasteiger partial charge in [-0.1, -0.05) is 12.1 Å². The minimum absolute atomic E-state index is 0.00314. The van der Waals surface area contributed by atoms with Crippen LogP contribution < -0.4 is 11.1 Å². The van der Waals surface area contributed by atoms with E-state index in [0.717, 1.165) is 19.4 Å². The Kier molecular flexibility index (Phi) is 4.74. The SMILES string of the molecule is CCC(C)(NC(=O)CC1CCCO1)C(N)=NO. The van der Waals surface area contributed by atoms with Gasteiger partial charge >= 0.3 is 0 Å². The van der Waals surface area contributed by atoms with E-state index in [1.807, 2.05) is 6.92 Å². The molecule has 0 spiro atoms. The quantitative estimate of drug-likeness (QED) is 0.285. The van der Waals surface area contributed by atoms with Crippen LogP contribution in [0.15, 0.2) is 5.16 Å². The van der Waals surface area contributed by atoms with Gasteiger partial charge in [0.25, 0.3) is 0 Å². The molecule has 98 valence electrons. The molecule has 2 atom stereocenters. The van der Waals surface area contributed by atoms with Gasteiger partial charge in [0.1, 0.15) is 0 Å². The Morgan fingerprint density at radius 2 is 2.41 bits per heavy atom. The van der Waals surface area contributed by atoms with Crippen molar-refractivity contribution in [1.82, 2.24) is 5.32 Å². The molecule has 1 saturated heterocycles. The predicted octanol–water partition coefficient (Wildman–Crippen LogP) is 0.587. The molecule has 4 N–H and O–H groups in total.